The van der Waals surface area contributed by atoms with Crippen LogP contribution in [-0.4, -0.2) is 23.2 Å². The first-order valence-corrected chi connectivity index (χ1v) is 9.34. The molecule has 1 atom stereocenters. The molecule has 1 aliphatic heterocycles. The van der Waals surface area contributed by atoms with Gasteiger partial charge < -0.3 is 10.0 Å². The second-order valence-electron chi connectivity index (χ2n) is 6.03. The summed E-state index contributed by atoms with van der Waals surface area (Å²) in [5.74, 6) is 0. The Labute approximate surface area is 147 Å². The van der Waals surface area contributed by atoms with Gasteiger partial charge in [-0.25, -0.2) is 4.98 Å². The van der Waals surface area contributed by atoms with E-state index in [2.05, 4.69) is 26.9 Å². The number of benzene rings is 2. The summed E-state index contributed by atoms with van der Waals surface area (Å²) in [5, 5.41) is 12.2. The molecule has 118 valence electrons. The van der Waals surface area contributed by atoms with Crippen molar-refractivity contribution >= 4 is 42.6 Å². The summed E-state index contributed by atoms with van der Waals surface area (Å²) < 4.78 is 2.23. The molecule has 0 saturated carbocycles. The molecule has 2 heterocycles. The lowest BCUT2D eigenvalue weighted by Gasteiger charge is -2.39. The predicted octanol–water partition coefficient (Wildman–Crippen LogP) is 4.55. The Bertz CT molecular complexity index is 799. The van der Waals surface area contributed by atoms with Crippen molar-refractivity contribution in [3.63, 3.8) is 0 Å². The van der Waals surface area contributed by atoms with Gasteiger partial charge in [0.1, 0.15) is 5.60 Å². The zero-order valence-corrected chi connectivity index (χ0v) is 15.0. The Balaban J connectivity index is 1.64. The van der Waals surface area contributed by atoms with Crippen LogP contribution in [0.4, 0.5) is 5.13 Å². The van der Waals surface area contributed by atoms with Gasteiger partial charge in [0.15, 0.2) is 5.13 Å². The fourth-order valence-corrected chi connectivity index (χ4v) is 4.45. The van der Waals surface area contributed by atoms with Crippen LogP contribution < -0.4 is 4.90 Å². The maximum absolute atomic E-state index is 11.2. The molecule has 4 rings (SSSR count). The number of aliphatic hydroxyl groups is 1. The molecule has 23 heavy (non-hydrogen) atoms. The van der Waals surface area contributed by atoms with Crippen LogP contribution in [0, 0.1) is 0 Å². The Morgan fingerprint density at radius 1 is 1.13 bits per heavy atom. The highest BCUT2D eigenvalue weighted by Gasteiger charge is 2.35. The fraction of sp³-hybridized carbons (Fsp3) is 0.278. The molecule has 0 bridgehead atoms. The molecule has 2 aromatic carbocycles. The van der Waals surface area contributed by atoms with Gasteiger partial charge in [0.25, 0.3) is 0 Å². The van der Waals surface area contributed by atoms with E-state index in [0.29, 0.717) is 6.54 Å². The molecular formula is C18H17BrN2OS. The SMILES string of the molecule is OC1(c2ccc(Br)cc2)CCCN(c2nc3ccccc3s2)C1. The van der Waals surface area contributed by atoms with Crippen LogP contribution in [0.3, 0.4) is 0 Å². The highest BCUT2D eigenvalue weighted by Crippen LogP contribution is 2.37. The molecule has 1 fully saturated rings. The molecule has 1 N–H and O–H groups in total. The van der Waals surface area contributed by atoms with Crippen molar-refractivity contribution in [2.24, 2.45) is 0 Å². The van der Waals surface area contributed by atoms with Gasteiger partial charge in [-0.05, 0) is 42.7 Å². The first-order chi connectivity index (χ1) is 11.1. The second kappa shape index (κ2) is 5.89. The summed E-state index contributed by atoms with van der Waals surface area (Å²) in [7, 11) is 0. The van der Waals surface area contributed by atoms with Crippen LogP contribution >= 0.6 is 27.3 Å². The van der Waals surface area contributed by atoms with Gasteiger partial charge in [-0.2, -0.15) is 0 Å². The maximum Gasteiger partial charge on any atom is 0.186 e. The smallest absolute Gasteiger partial charge is 0.186 e. The molecule has 0 amide bonds. The van der Waals surface area contributed by atoms with Crippen LogP contribution in [0.1, 0.15) is 18.4 Å². The lowest BCUT2D eigenvalue weighted by molar-refractivity contribution is 0.0219. The largest absolute Gasteiger partial charge is 0.383 e. The number of anilines is 1. The molecule has 1 saturated heterocycles. The molecule has 0 spiro atoms. The van der Waals surface area contributed by atoms with E-state index < -0.39 is 5.60 Å². The highest BCUT2D eigenvalue weighted by molar-refractivity contribution is 9.10. The number of para-hydroxylation sites is 1. The Morgan fingerprint density at radius 2 is 1.91 bits per heavy atom. The summed E-state index contributed by atoms with van der Waals surface area (Å²) in [6, 6.07) is 16.2. The maximum atomic E-state index is 11.2. The standard InChI is InChI=1S/C18H17BrN2OS/c19-14-8-6-13(7-9-14)18(22)10-3-11-21(12-18)17-20-15-4-1-2-5-16(15)23-17/h1-2,4-9,22H,3,10-12H2. The Morgan fingerprint density at radius 3 is 2.70 bits per heavy atom. The highest BCUT2D eigenvalue weighted by atomic mass is 79.9. The van der Waals surface area contributed by atoms with Gasteiger partial charge in [-0.15, -0.1) is 0 Å². The van der Waals surface area contributed by atoms with E-state index in [9.17, 15) is 5.11 Å². The lowest BCUT2D eigenvalue weighted by Crippen LogP contribution is -2.46. The number of fused-ring (bicyclic) bond motifs is 1. The van der Waals surface area contributed by atoms with E-state index in [1.807, 2.05) is 42.5 Å². The Hall–Kier alpha value is -1.43. The molecule has 1 aromatic heterocycles. The van der Waals surface area contributed by atoms with Crippen LogP contribution in [0.2, 0.25) is 0 Å². The third kappa shape index (κ3) is 2.89. The molecule has 1 unspecified atom stereocenters. The van der Waals surface area contributed by atoms with E-state index in [4.69, 9.17) is 4.98 Å². The zero-order chi connectivity index (χ0) is 15.9. The van der Waals surface area contributed by atoms with Crippen molar-refractivity contribution < 1.29 is 5.11 Å². The summed E-state index contributed by atoms with van der Waals surface area (Å²) in [6.07, 6.45) is 1.75. The number of piperidine rings is 1. The first-order valence-electron chi connectivity index (χ1n) is 7.73. The molecule has 3 nitrogen and oxygen atoms in total. The van der Waals surface area contributed by atoms with Gasteiger partial charge in [0.2, 0.25) is 0 Å². The van der Waals surface area contributed by atoms with Crippen molar-refractivity contribution in [3.05, 3.63) is 58.6 Å². The minimum absolute atomic E-state index is 0.592. The molecule has 3 aromatic rings. The summed E-state index contributed by atoms with van der Waals surface area (Å²) in [4.78, 5) is 6.95. The molecule has 0 radical (unpaired) electrons. The van der Waals surface area contributed by atoms with Gasteiger partial charge in [0, 0.05) is 11.0 Å². The monoisotopic (exact) mass is 388 g/mol. The van der Waals surface area contributed by atoms with E-state index >= 15 is 0 Å². The van der Waals surface area contributed by atoms with E-state index in [0.717, 1.165) is 40.1 Å². The van der Waals surface area contributed by atoms with Gasteiger partial charge in [-0.1, -0.05) is 51.5 Å². The van der Waals surface area contributed by atoms with Gasteiger partial charge >= 0.3 is 0 Å². The number of nitrogens with zero attached hydrogens (tertiary/aromatic N) is 2. The number of β-amino-alcohol motifs (C(OH)–C–C–N with tert-alkyl or cyclic N) is 1. The average molecular weight is 389 g/mol. The molecule has 1 aliphatic rings. The normalized spacial score (nSPS) is 21.7. The lowest BCUT2D eigenvalue weighted by atomic mass is 9.86. The molecule has 5 heteroatoms. The van der Waals surface area contributed by atoms with E-state index in [1.165, 1.54) is 4.70 Å². The number of halogens is 1. The number of rotatable bonds is 2. The minimum Gasteiger partial charge on any atom is -0.383 e. The second-order valence-corrected chi connectivity index (χ2v) is 7.95. The van der Waals surface area contributed by atoms with Crippen molar-refractivity contribution in [3.8, 4) is 0 Å². The van der Waals surface area contributed by atoms with E-state index in [1.54, 1.807) is 11.3 Å². The summed E-state index contributed by atoms with van der Waals surface area (Å²) in [6.45, 7) is 1.53. The fourth-order valence-electron chi connectivity index (χ4n) is 3.19. The van der Waals surface area contributed by atoms with E-state index in [-0.39, 0.29) is 0 Å². The van der Waals surface area contributed by atoms with Gasteiger partial charge in [0.05, 0.1) is 16.8 Å². The number of hydrogen-bond acceptors (Lipinski definition) is 4. The third-order valence-corrected chi connectivity index (χ3v) is 6.03. The van der Waals surface area contributed by atoms with Crippen LogP contribution in [0.5, 0.6) is 0 Å². The minimum atomic E-state index is -0.809. The number of thiazole rings is 1. The van der Waals surface area contributed by atoms with Crippen molar-refractivity contribution in [2.75, 3.05) is 18.0 Å². The van der Waals surface area contributed by atoms with Crippen LogP contribution in [-0.2, 0) is 5.60 Å². The average Bonchev–Trinajstić information content (AvgIpc) is 2.99. The number of hydrogen-bond donors (Lipinski definition) is 1. The molecular weight excluding hydrogens is 372 g/mol. The summed E-state index contributed by atoms with van der Waals surface area (Å²) >= 11 is 5.15. The topological polar surface area (TPSA) is 36.4 Å². The quantitative estimate of drug-likeness (QED) is 0.699. The number of aromatic nitrogens is 1. The van der Waals surface area contributed by atoms with Crippen molar-refractivity contribution in [1.29, 1.82) is 0 Å². The third-order valence-electron chi connectivity index (χ3n) is 4.41. The first kappa shape index (κ1) is 15.1. The van der Waals surface area contributed by atoms with Gasteiger partial charge in [-0.3, -0.25) is 0 Å². The van der Waals surface area contributed by atoms with Crippen LogP contribution in [0.15, 0.2) is 53.0 Å². The molecule has 0 aliphatic carbocycles. The summed E-state index contributed by atoms with van der Waals surface area (Å²) in [5.41, 5.74) is 1.20. The predicted molar refractivity (Wildman–Crippen MR) is 99.1 cm³/mol. The van der Waals surface area contributed by atoms with Crippen LogP contribution in [0.25, 0.3) is 10.2 Å². The van der Waals surface area contributed by atoms with Crippen molar-refractivity contribution in [1.82, 2.24) is 4.98 Å². The zero-order valence-electron chi connectivity index (χ0n) is 12.6. The Kier molecular flexibility index (Phi) is 3.87. The van der Waals surface area contributed by atoms with Crippen molar-refractivity contribution in [2.45, 2.75) is 18.4 Å².